The highest BCUT2D eigenvalue weighted by Crippen LogP contribution is 2.26. The monoisotopic (exact) mass is 310 g/mol. The average molecular weight is 310 g/mol. The highest BCUT2D eigenvalue weighted by molar-refractivity contribution is 5.75. The first-order valence-corrected chi connectivity index (χ1v) is 7.90. The zero-order chi connectivity index (χ0) is 15.2. The van der Waals surface area contributed by atoms with Crippen molar-refractivity contribution in [2.75, 3.05) is 26.3 Å². The second-order valence-electron chi connectivity index (χ2n) is 5.55. The summed E-state index contributed by atoms with van der Waals surface area (Å²) in [6, 6.07) is 0. The van der Waals surface area contributed by atoms with Crippen LogP contribution in [0.15, 0.2) is 4.52 Å². The summed E-state index contributed by atoms with van der Waals surface area (Å²) in [5.41, 5.74) is 0. The summed E-state index contributed by atoms with van der Waals surface area (Å²) in [5.74, 6) is 0.939. The maximum absolute atomic E-state index is 11.8. The van der Waals surface area contributed by atoms with E-state index in [9.17, 15) is 4.79 Å². The molecule has 0 aromatic carbocycles. The van der Waals surface area contributed by atoms with Crippen LogP contribution in [-0.4, -0.2) is 47.4 Å². The number of nitrogens with one attached hydrogen (secondary N) is 1. The molecule has 2 aliphatic heterocycles. The molecule has 1 atom stereocenters. The first-order valence-electron chi connectivity index (χ1n) is 7.90. The summed E-state index contributed by atoms with van der Waals surface area (Å²) >= 11 is 0. The number of amides is 1. The van der Waals surface area contributed by atoms with Gasteiger partial charge in [0.1, 0.15) is 6.10 Å². The van der Waals surface area contributed by atoms with Crippen LogP contribution in [-0.2, 0) is 20.9 Å². The average Bonchev–Trinajstić information content (AvgIpc) is 3.22. The Balaban J connectivity index is 1.37. The van der Waals surface area contributed by atoms with Crippen LogP contribution in [0, 0.1) is 0 Å². The molecule has 0 spiro atoms. The van der Waals surface area contributed by atoms with Gasteiger partial charge in [0, 0.05) is 26.1 Å². The van der Waals surface area contributed by atoms with E-state index in [0.29, 0.717) is 24.7 Å². The van der Waals surface area contributed by atoms with E-state index in [2.05, 4.69) is 15.5 Å². The number of hydrogen-bond donors (Lipinski definition) is 1. The number of rotatable bonds is 6. The van der Waals surface area contributed by atoms with Gasteiger partial charge in [0.25, 0.3) is 5.89 Å². The zero-order valence-electron chi connectivity index (χ0n) is 12.6. The van der Waals surface area contributed by atoms with Gasteiger partial charge in [-0.25, -0.2) is 0 Å². The number of aromatic nitrogens is 2. The van der Waals surface area contributed by atoms with Crippen LogP contribution in [0.5, 0.6) is 0 Å². The minimum atomic E-state index is -0.0896. The zero-order valence-corrected chi connectivity index (χ0v) is 12.6. The van der Waals surface area contributed by atoms with Crippen molar-refractivity contribution in [2.24, 2.45) is 0 Å². The number of ether oxygens (including phenoxy) is 1. The molecule has 8 nitrogen and oxygen atoms in total. The van der Waals surface area contributed by atoms with Gasteiger partial charge in [0.2, 0.25) is 5.91 Å². The lowest BCUT2D eigenvalue weighted by Gasteiger charge is -2.25. The minimum absolute atomic E-state index is 0.0439. The number of hydroxylamine groups is 2. The molecule has 3 heterocycles. The molecular weight excluding hydrogens is 288 g/mol. The molecule has 0 radical (unpaired) electrons. The number of hydrogen-bond acceptors (Lipinski definition) is 7. The first-order chi connectivity index (χ1) is 10.8. The quantitative estimate of drug-likeness (QED) is 0.836. The van der Waals surface area contributed by atoms with Gasteiger partial charge in [-0.3, -0.25) is 9.63 Å². The van der Waals surface area contributed by atoms with Crippen LogP contribution in [0.1, 0.15) is 49.9 Å². The van der Waals surface area contributed by atoms with Crippen molar-refractivity contribution in [3.63, 3.8) is 0 Å². The van der Waals surface area contributed by atoms with E-state index in [0.717, 1.165) is 45.4 Å². The maximum Gasteiger partial charge on any atom is 0.255 e. The Labute approximate surface area is 129 Å². The first kappa shape index (κ1) is 15.4. The van der Waals surface area contributed by atoms with Crippen molar-refractivity contribution in [3.8, 4) is 0 Å². The molecule has 122 valence electrons. The lowest BCUT2D eigenvalue weighted by Crippen LogP contribution is -2.34. The molecule has 1 aromatic rings. The molecule has 0 aliphatic carbocycles. The molecule has 0 bridgehead atoms. The highest BCUT2D eigenvalue weighted by Gasteiger charge is 2.23. The van der Waals surface area contributed by atoms with Gasteiger partial charge >= 0.3 is 0 Å². The van der Waals surface area contributed by atoms with Gasteiger partial charge in [-0.05, 0) is 25.7 Å². The summed E-state index contributed by atoms with van der Waals surface area (Å²) < 4.78 is 10.7. The predicted molar refractivity (Wildman–Crippen MR) is 75.4 cm³/mol. The van der Waals surface area contributed by atoms with Crippen molar-refractivity contribution in [1.82, 2.24) is 20.5 Å². The third kappa shape index (κ3) is 4.25. The van der Waals surface area contributed by atoms with E-state index in [1.807, 2.05) is 5.06 Å². The molecule has 1 unspecified atom stereocenters. The summed E-state index contributed by atoms with van der Waals surface area (Å²) in [4.78, 5) is 21.5. The maximum atomic E-state index is 11.8. The van der Waals surface area contributed by atoms with Crippen LogP contribution >= 0.6 is 0 Å². The Morgan fingerprint density at radius 2 is 2.27 bits per heavy atom. The summed E-state index contributed by atoms with van der Waals surface area (Å²) in [6.45, 7) is 3.26. The Morgan fingerprint density at radius 3 is 3.05 bits per heavy atom. The molecule has 0 saturated carbocycles. The topological polar surface area (TPSA) is 89.7 Å². The standard InChI is InChI=1S/C14H22N4O4/c19-13(5-7-18-6-1-2-9-21-18)15-10-12-16-14(22-17-12)11-4-3-8-20-11/h11H,1-10H2,(H,15,19). The third-order valence-corrected chi connectivity index (χ3v) is 3.80. The van der Waals surface area contributed by atoms with E-state index < -0.39 is 0 Å². The predicted octanol–water partition coefficient (Wildman–Crippen LogP) is 0.955. The van der Waals surface area contributed by atoms with Crippen molar-refractivity contribution in [3.05, 3.63) is 11.7 Å². The van der Waals surface area contributed by atoms with Crippen molar-refractivity contribution in [1.29, 1.82) is 0 Å². The van der Waals surface area contributed by atoms with Gasteiger partial charge in [-0.1, -0.05) is 5.16 Å². The molecular formula is C14H22N4O4. The lowest BCUT2D eigenvalue weighted by molar-refractivity contribution is -0.181. The normalized spacial score (nSPS) is 22.8. The fourth-order valence-electron chi connectivity index (χ4n) is 2.56. The number of carbonyl (C=O) groups is 1. The van der Waals surface area contributed by atoms with Crippen LogP contribution in [0.25, 0.3) is 0 Å². The largest absolute Gasteiger partial charge is 0.368 e. The smallest absolute Gasteiger partial charge is 0.255 e. The number of carbonyl (C=O) groups excluding carboxylic acids is 1. The number of nitrogens with zero attached hydrogens (tertiary/aromatic N) is 3. The Kier molecular flexibility index (Phi) is 5.36. The Bertz CT molecular complexity index is 481. The molecule has 8 heteroatoms. The highest BCUT2D eigenvalue weighted by atomic mass is 16.7. The lowest BCUT2D eigenvalue weighted by atomic mass is 10.2. The fraction of sp³-hybridized carbons (Fsp3) is 0.786. The van der Waals surface area contributed by atoms with Crippen LogP contribution in [0.4, 0.5) is 0 Å². The third-order valence-electron chi connectivity index (χ3n) is 3.80. The molecule has 2 saturated heterocycles. The Hall–Kier alpha value is -1.51. The molecule has 1 N–H and O–H groups in total. The summed E-state index contributed by atoms with van der Waals surface area (Å²) in [6.07, 6.45) is 4.44. The van der Waals surface area contributed by atoms with Gasteiger partial charge in [-0.2, -0.15) is 10.0 Å². The van der Waals surface area contributed by atoms with Gasteiger partial charge < -0.3 is 14.6 Å². The van der Waals surface area contributed by atoms with E-state index in [1.54, 1.807) is 0 Å². The van der Waals surface area contributed by atoms with Crippen LogP contribution < -0.4 is 5.32 Å². The van der Waals surface area contributed by atoms with E-state index in [1.165, 1.54) is 0 Å². The van der Waals surface area contributed by atoms with Crippen LogP contribution in [0.3, 0.4) is 0 Å². The second kappa shape index (κ2) is 7.66. The van der Waals surface area contributed by atoms with Crippen molar-refractivity contribution >= 4 is 5.91 Å². The van der Waals surface area contributed by atoms with E-state index >= 15 is 0 Å². The summed E-state index contributed by atoms with van der Waals surface area (Å²) in [5, 5.41) is 8.52. The molecule has 1 aromatic heterocycles. The van der Waals surface area contributed by atoms with Crippen molar-refractivity contribution in [2.45, 2.75) is 44.8 Å². The van der Waals surface area contributed by atoms with Gasteiger partial charge in [-0.15, -0.1) is 0 Å². The Morgan fingerprint density at radius 1 is 1.32 bits per heavy atom. The van der Waals surface area contributed by atoms with Gasteiger partial charge in [0.15, 0.2) is 5.82 Å². The minimum Gasteiger partial charge on any atom is -0.368 e. The van der Waals surface area contributed by atoms with Crippen LogP contribution in [0.2, 0.25) is 0 Å². The molecule has 22 heavy (non-hydrogen) atoms. The van der Waals surface area contributed by atoms with Crippen molar-refractivity contribution < 1.29 is 18.9 Å². The summed E-state index contributed by atoms with van der Waals surface area (Å²) in [7, 11) is 0. The SMILES string of the molecule is O=C(CCN1CCCCO1)NCc1noc(C2CCCO2)n1. The van der Waals surface area contributed by atoms with E-state index in [-0.39, 0.29) is 18.6 Å². The molecule has 3 rings (SSSR count). The van der Waals surface area contributed by atoms with Gasteiger partial charge in [0.05, 0.1) is 13.2 Å². The van der Waals surface area contributed by atoms with E-state index in [4.69, 9.17) is 14.1 Å². The molecule has 1 amide bonds. The second-order valence-corrected chi connectivity index (χ2v) is 5.55. The molecule has 2 aliphatic rings. The molecule has 2 fully saturated rings. The fourth-order valence-corrected chi connectivity index (χ4v) is 2.56.